The first kappa shape index (κ1) is 21.7. The standard InChI is InChI=1S/C19H22BF2N5O3S/c1-10-9-31-17(23-10)15-25-14(24-11-3-5-19(21,22)6-4-11)13(20)16(26-15)30-12-7-27(8-12)18(28)29-2/h9,11-12H,3-8H2,1-2H3,(H,24,25,26). The van der Waals surface area contributed by atoms with E-state index in [9.17, 15) is 13.6 Å². The lowest BCUT2D eigenvalue weighted by atomic mass is 9.91. The van der Waals surface area contributed by atoms with Crippen LogP contribution in [0, 0.1) is 6.92 Å². The predicted molar refractivity (Wildman–Crippen MR) is 112 cm³/mol. The van der Waals surface area contributed by atoms with Crippen LogP contribution in [0.5, 0.6) is 5.88 Å². The number of hydrogen-bond donors (Lipinski definition) is 1. The quantitative estimate of drug-likeness (QED) is 0.702. The van der Waals surface area contributed by atoms with Crippen LogP contribution in [0.4, 0.5) is 19.4 Å². The third-order valence-electron chi connectivity index (χ3n) is 5.34. The first-order valence-electron chi connectivity index (χ1n) is 9.98. The molecule has 1 N–H and O–H groups in total. The Hall–Kier alpha value is -2.50. The maximum absolute atomic E-state index is 13.5. The molecule has 0 atom stereocenters. The molecule has 3 heterocycles. The molecule has 2 aromatic heterocycles. The number of amides is 1. The average Bonchev–Trinajstić information content (AvgIpc) is 3.14. The van der Waals surface area contributed by atoms with E-state index in [1.165, 1.54) is 23.3 Å². The number of aryl methyl sites for hydroxylation is 1. The molecule has 1 aliphatic heterocycles. The Labute approximate surface area is 183 Å². The van der Waals surface area contributed by atoms with Crippen LogP contribution in [0.1, 0.15) is 31.4 Å². The molecule has 12 heteroatoms. The monoisotopic (exact) mass is 449 g/mol. The normalized spacial score (nSPS) is 19.0. The van der Waals surface area contributed by atoms with Crippen molar-refractivity contribution in [2.24, 2.45) is 0 Å². The summed E-state index contributed by atoms with van der Waals surface area (Å²) in [5.74, 6) is -1.76. The van der Waals surface area contributed by atoms with Crippen molar-refractivity contribution in [1.82, 2.24) is 19.9 Å². The van der Waals surface area contributed by atoms with Gasteiger partial charge in [-0.25, -0.2) is 23.5 Å². The second-order valence-electron chi connectivity index (χ2n) is 7.80. The van der Waals surface area contributed by atoms with Crippen LogP contribution in [0.15, 0.2) is 5.38 Å². The van der Waals surface area contributed by atoms with Gasteiger partial charge in [-0.1, -0.05) is 0 Å². The van der Waals surface area contributed by atoms with Gasteiger partial charge in [0.15, 0.2) is 10.8 Å². The SMILES string of the molecule is [B]c1c(NC2CCC(F)(F)CC2)nc(-c2nc(C)cs2)nc1OC1CN(C(=O)OC)C1. The number of alkyl halides is 2. The van der Waals surface area contributed by atoms with E-state index in [1.54, 1.807) is 0 Å². The van der Waals surface area contributed by atoms with Crippen LogP contribution in [-0.4, -0.2) is 72.1 Å². The minimum absolute atomic E-state index is 0.172. The van der Waals surface area contributed by atoms with E-state index in [0.717, 1.165) is 5.69 Å². The first-order valence-corrected chi connectivity index (χ1v) is 10.9. The molecule has 1 saturated carbocycles. The maximum Gasteiger partial charge on any atom is 0.409 e. The molecule has 1 saturated heterocycles. The minimum atomic E-state index is -2.62. The van der Waals surface area contributed by atoms with Crippen LogP contribution in [0.3, 0.4) is 0 Å². The number of nitrogens with zero attached hydrogens (tertiary/aromatic N) is 4. The zero-order valence-corrected chi connectivity index (χ0v) is 18.0. The fraction of sp³-hybridized carbons (Fsp3) is 0.579. The van der Waals surface area contributed by atoms with Gasteiger partial charge in [0.2, 0.25) is 11.8 Å². The van der Waals surface area contributed by atoms with E-state index in [4.69, 9.17) is 12.6 Å². The van der Waals surface area contributed by atoms with Gasteiger partial charge in [-0.05, 0) is 19.8 Å². The largest absolute Gasteiger partial charge is 0.471 e. The Morgan fingerprint density at radius 3 is 2.61 bits per heavy atom. The minimum Gasteiger partial charge on any atom is -0.471 e. The molecule has 2 aromatic rings. The zero-order chi connectivity index (χ0) is 22.2. The summed E-state index contributed by atoms with van der Waals surface area (Å²) in [4.78, 5) is 26.4. The molecule has 31 heavy (non-hydrogen) atoms. The van der Waals surface area contributed by atoms with Gasteiger partial charge in [0.25, 0.3) is 0 Å². The lowest BCUT2D eigenvalue weighted by Gasteiger charge is -2.37. The molecule has 164 valence electrons. The average molecular weight is 449 g/mol. The fourth-order valence-electron chi connectivity index (χ4n) is 3.53. The van der Waals surface area contributed by atoms with Crippen LogP contribution < -0.4 is 15.5 Å². The highest BCUT2D eigenvalue weighted by molar-refractivity contribution is 7.13. The van der Waals surface area contributed by atoms with E-state index >= 15 is 0 Å². The number of ether oxygens (including phenoxy) is 2. The molecular weight excluding hydrogens is 427 g/mol. The van der Waals surface area contributed by atoms with E-state index in [0.29, 0.717) is 42.6 Å². The number of anilines is 1. The van der Waals surface area contributed by atoms with Gasteiger partial charge in [-0.15, -0.1) is 11.3 Å². The molecular formula is C19H22BF2N5O3S. The molecule has 0 unspecified atom stereocenters. The smallest absolute Gasteiger partial charge is 0.409 e. The summed E-state index contributed by atoms with van der Waals surface area (Å²) in [5.41, 5.74) is 1.03. The lowest BCUT2D eigenvalue weighted by Crippen LogP contribution is -2.56. The van der Waals surface area contributed by atoms with Crippen molar-refractivity contribution in [2.75, 3.05) is 25.5 Å². The second-order valence-corrected chi connectivity index (χ2v) is 8.66. The van der Waals surface area contributed by atoms with Gasteiger partial charge < -0.3 is 19.7 Å². The Morgan fingerprint density at radius 2 is 2.00 bits per heavy atom. The number of thiazole rings is 1. The Bertz CT molecular complexity index is 960. The summed E-state index contributed by atoms with van der Waals surface area (Å²) in [7, 11) is 7.59. The molecule has 4 rings (SSSR count). The van der Waals surface area contributed by atoms with Crippen molar-refractivity contribution in [3.63, 3.8) is 0 Å². The number of halogens is 2. The molecule has 1 amide bonds. The number of methoxy groups -OCH3 is 1. The number of carbonyl (C=O) groups is 1. The summed E-state index contributed by atoms with van der Waals surface area (Å²) in [6, 6.07) is -0.172. The summed E-state index contributed by atoms with van der Waals surface area (Å²) in [6.07, 6.45) is -0.440. The van der Waals surface area contributed by atoms with Crippen LogP contribution in [-0.2, 0) is 4.74 Å². The van der Waals surface area contributed by atoms with Crippen molar-refractivity contribution < 1.29 is 23.0 Å². The fourth-order valence-corrected chi connectivity index (χ4v) is 4.26. The second kappa shape index (κ2) is 8.56. The zero-order valence-electron chi connectivity index (χ0n) is 17.2. The summed E-state index contributed by atoms with van der Waals surface area (Å²) in [6.45, 7) is 2.57. The summed E-state index contributed by atoms with van der Waals surface area (Å²) >= 11 is 1.39. The Morgan fingerprint density at radius 1 is 1.29 bits per heavy atom. The Balaban J connectivity index is 1.55. The highest BCUT2D eigenvalue weighted by atomic mass is 32.1. The van der Waals surface area contributed by atoms with Crippen LogP contribution in [0.2, 0.25) is 0 Å². The van der Waals surface area contributed by atoms with Crippen molar-refractivity contribution in [2.45, 2.75) is 50.7 Å². The predicted octanol–water partition coefficient (Wildman–Crippen LogP) is 2.52. The molecule has 0 spiro atoms. The third kappa shape index (κ3) is 4.89. The Kier molecular flexibility index (Phi) is 6.00. The number of likely N-dealkylation sites (tertiary alicyclic amines) is 1. The molecule has 1 aliphatic carbocycles. The molecule has 2 aliphatic rings. The number of hydrogen-bond acceptors (Lipinski definition) is 8. The first-order chi connectivity index (χ1) is 14.7. The van der Waals surface area contributed by atoms with Gasteiger partial charge in [-0.2, -0.15) is 4.98 Å². The lowest BCUT2D eigenvalue weighted by molar-refractivity contribution is -0.0361. The maximum atomic E-state index is 13.5. The molecule has 2 radical (unpaired) electrons. The van der Waals surface area contributed by atoms with Crippen LogP contribution in [0.25, 0.3) is 10.8 Å². The molecule has 8 nitrogen and oxygen atoms in total. The number of nitrogens with one attached hydrogen (secondary N) is 1. The van der Waals surface area contributed by atoms with Gasteiger partial charge in [0.05, 0.1) is 20.2 Å². The van der Waals surface area contributed by atoms with Gasteiger partial charge in [0, 0.05) is 35.4 Å². The highest BCUT2D eigenvalue weighted by Crippen LogP contribution is 2.34. The van der Waals surface area contributed by atoms with Crippen molar-refractivity contribution in [1.29, 1.82) is 0 Å². The van der Waals surface area contributed by atoms with Crippen LogP contribution >= 0.6 is 11.3 Å². The summed E-state index contributed by atoms with van der Waals surface area (Å²) in [5, 5.41) is 5.68. The number of aromatic nitrogens is 3. The molecule has 0 bridgehead atoms. The molecule has 0 aromatic carbocycles. The van der Waals surface area contributed by atoms with E-state index in [-0.39, 0.29) is 36.3 Å². The van der Waals surface area contributed by atoms with Gasteiger partial charge in [0.1, 0.15) is 19.8 Å². The van der Waals surface area contributed by atoms with Crippen molar-refractivity contribution >= 4 is 36.6 Å². The van der Waals surface area contributed by atoms with Gasteiger partial charge in [-0.3, -0.25) is 0 Å². The number of rotatable bonds is 5. The van der Waals surface area contributed by atoms with E-state index < -0.39 is 12.0 Å². The van der Waals surface area contributed by atoms with Gasteiger partial charge >= 0.3 is 6.09 Å². The van der Waals surface area contributed by atoms with Crippen molar-refractivity contribution in [3.05, 3.63) is 11.1 Å². The third-order valence-corrected chi connectivity index (χ3v) is 6.29. The van der Waals surface area contributed by atoms with Crippen molar-refractivity contribution in [3.8, 4) is 16.7 Å². The highest BCUT2D eigenvalue weighted by Gasteiger charge is 2.36. The summed E-state index contributed by atoms with van der Waals surface area (Å²) < 4.78 is 37.6. The van der Waals surface area contributed by atoms with E-state index in [2.05, 4.69) is 25.0 Å². The molecule has 2 fully saturated rings. The number of carbonyl (C=O) groups excluding carboxylic acids is 1. The van der Waals surface area contributed by atoms with E-state index in [1.807, 2.05) is 12.3 Å². The topological polar surface area (TPSA) is 89.5 Å².